The lowest BCUT2D eigenvalue weighted by Crippen LogP contribution is -2.28. The summed E-state index contributed by atoms with van der Waals surface area (Å²) in [4.78, 5) is 23.0. The fourth-order valence-corrected chi connectivity index (χ4v) is 1.00. The molecule has 0 saturated carbocycles. The fraction of sp³-hybridized carbons (Fsp3) is 0.778. The summed E-state index contributed by atoms with van der Waals surface area (Å²) in [5.74, 6) is -1.83. The van der Waals surface area contributed by atoms with E-state index in [9.17, 15) is 9.59 Å². The van der Waals surface area contributed by atoms with Gasteiger partial charge in [0.05, 0.1) is 0 Å². The normalized spacial score (nSPS) is 10.2. The highest BCUT2D eigenvalue weighted by Crippen LogP contribution is 1.90. The molecule has 0 aromatic heterocycles. The van der Waals surface area contributed by atoms with Crippen LogP contribution in [-0.4, -0.2) is 48.2 Å². The smallest absolute Gasteiger partial charge is 0.317 e. The molecule has 0 aromatic carbocycles. The van der Waals surface area contributed by atoms with E-state index in [-0.39, 0.29) is 6.61 Å². The van der Waals surface area contributed by atoms with Crippen molar-refractivity contribution in [1.29, 1.82) is 0 Å². The number of carbonyl (C=O) groups excluding carboxylic acids is 1. The van der Waals surface area contributed by atoms with Crippen LogP contribution in [0.3, 0.4) is 0 Å². The molecule has 0 heterocycles. The van der Waals surface area contributed by atoms with E-state index >= 15 is 0 Å². The van der Waals surface area contributed by atoms with Crippen LogP contribution in [0.15, 0.2) is 0 Å². The first-order valence-electron chi connectivity index (χ1n) is 4.69. The number of aliphatic carboxylic acids is 1. The Morgan fingerprint density at radius 2 is 1.86 bits per heavy atom. The first-order valence-corrected chi connectivity index (χ1v) is 4.69. The van der Waals surface area contributed by atoms with E-state index in [0.717, 1.165) is 13.1 Å². The van der Waals surface area contributed by atoms with Crippen LogP contribution in [0.5, 0.6) is 0 Å². The van der Waals surface area contributed by atoms with Gasteiger partial charge < -0.3 is 14.7 Å². The van der Waals surface area contributed by atoms with Crippen molar-refractivity contribution in [2.75, 3.05) is 26.2 Å². The summed E-state index contributed by atoms with van der Waals surface area (Å²) in [7, 11) is 0. The van der Waals surface area contributed by atoms with Crippen molar-refractivity contribution in [3.63, 3.8) is 0 Å². The molecule has 0 saturated heterocycles. The molecule has 0 amide bonds. The number of hydrogen-bond acceptors (Lipinski definition) is 4. The summed E-state index contributed by atoms with van der Waals surface area (Å²) in [6.07, 6.45) is -0.557. The molecule has 0 unspecified atom stereocenters. The van der Waals surface area contributed by atoms with Crippen LogP contribution in [0.1, 0.15) is 20.3 Å². The molecule has 1 N–H and O–H groups in total. The zero-order valence-corrected chi connectivity index (χ0v) is 8.65. The summed E-state index contributed by atoms with van der Waals surface area (Å²) >= 11 is 0. The molecule has 0 spiro atoms. The lowest BCUT2D eigenvalue weighted by molar-refractivity contribution is -0.151. The summed E-state index contributed by atoms with van der Waals surface area (Å²) in [6, 6.07) is 0. The zero-order chi connectivity index (χ0) is 11.0. The van der Waals surface area contributed by atoms with Gasteiger partial charge in [0.1, 0.15) is 13.0 Å². The molecule has 0 aliphatic rings. The van der Waals surface area contributed by atoms with Crippen LogP contribution >= 0.6 is 0 Å². The monoisotopic (exact) mass is 203 g/mol. The van der Waals surface area contributed by atoms with Gasteiger partial charge in [-0.2, -0.15) is 0 Å². The molecule has 0 bridgehead atoms. The predicted molar refractivity (Wildman–Crippen MR) is 51.0 cm³/mol. The summed E-state index contributed by atoms with van der Waals surface area (Å²) in [6.45, 7) is 6.73. The summed E-state index contributed by atoms with van der Waals surface area (Å²) in [5, 5.41) is 8.27. The van der Waals surface area contributed by atoms with Gasteiger partial charge in [0.15, 0.2) is 0 Å². The van der Waals surface area contributed by atoms with Crippen molar-refractivity contribution in [3.05, 3.63) is 0 Å². The van der Waals surface area contributed by atoms with Gasteiger partial charge in [-0.3, -0.25) is 9.59 Å². The molecule has 14 heavy (non-hydrogen) atoms. The van der Waals surface area contributed by atoms with Crippen LogP contribution in [0.2, 0.25) is 0 Å². The van der Waals surface area contributed by atoms with E-state index in [4.69, 9.17) is 9.84 Å². The number of nitrogens with zero attached hydrogens (tertiary/aromatic N) is 1. The van der Waals surface area contributed by atoms with Gasteiger partial charge in [-0.05, 0) is 13.1 Å². The Hall–Kier alpha value is -1.10. The maximum absolute atomic E-state index is 10.8. The third-order valence-corrected chi connectivity index (χ3v) is 1.86. The van der Waals surface area contributed by atoms with Gasteiger partial charge in [0, 0.05) is 6.54 Å². The number of carboxylic acids is 1. The minimum atomic E-state index is -1.15. The van der Waals surface area contributed by atoms with Crippen LogP contribution < -0.4 is 0 Å². The average Bonchev–Trinajstić information content (AvgIpc) is 2.11. The molecule has 0 atom stereocenters. The largest absolute Gasteiger partial charge is 0.481 e. The molecule has 0 aliphatic heterocycles. The Kier molecular flexibility index (Phi) is 6.74. The maximum Gasteiger partial charge on any atom is 0.317 e. The molecule has 0 aromatic rings. The summed E-state index contributed by atoms with van der Waals surface area (Å²) in [5.41, 5.74) is 0. The Bertz CT molecular complexity index is 189. The number of carbonyl (C=O) groups is 2. The first-order chi connectivity index (χ1) is 6.60. The minimum absolute atomic E-state index is 0.258. The van der Waals surface area contributed by atoms with Crippen molar-refractivity contribution in [3.8, 4) is 0 Å². The van der Waals surface area contributed by atoms with E-state index in [0.29, 0.717) is 6.54 Å². The van der Waals surface area contributed by atoms with Gasteiger partial charge in [-0.25, -0.2) is 0 Å². The van der Waals surface area contributed by atoms with Gasteiger partial charge in [0.25, 0.3) is 0 Å². The highest BCUT2D eigenvalue weighted by molar-refractivity contribution is 5.90. The maximum atomic E-state index is 10.8. The lowest BCUT2D eigenvalue weighted by Gasteiger charge is -2.17. The van der Waals surface area contributed by atoms with Crippen LogP contribution in [-0.2, 0) is 14.3 Å². The Balaban J connectivity index is 3.52. The SMILES string of the molecule is CCN(CC)CCOC(=O)CC(=O)O. The topological polar surface area (TPSA) is 66.8 Å². The number of ether oxygens (including phenoxy) is 1. The second-order valence-corrected chi connectivity index (χ2v) is 2.82. The quantitative estimate of drug-likeness (QED) is 0.477. The van der Waals surface area contributed by atoms with Crippen molar-refractivity contribution in [2.24, 2.45) is 0 Å². The van der Waals surface area contributed by atoms with Gasteiger partial charge >= 0.3 is 11.9 Å². The third-order valence-electron chi connectivity index (χ3n) is 1.86. The number of likely N-dealkylation sites (N-methyl/N-ethyl adjacent to an activating group) is 1. The minimum Gasteiger partial charge on any atom is -0.481 e. The van der Waals surface area contributed by atoms with E-state index in [1.54, 1.807) is 0 Å². The van der Waals surface area contributed by atoms with Crippen LogP contribution in [0.4, 0.5) is 0 Å². The van der Waals surface area contributed by atoms with Crippen molar-refractivity contribution in [1.82, 2.24) is 4.90 Å². The predicted octanol–water partition coefficient (Wildman–Crippen LogP) is 0.346. The molecule has 5 nitrogen and oxygen atoms in total. The van der Waals surface area contributed by atoms with Crippen molar-refractivity contribution >= 4 is 11.9 Å². The Labute approximate surface area is 83.6 Å². The molecular formula is C9H17NO4. The average molecular weight is 203 g/mol. The number of rotatable bonds is 7. The zero-order valence-electron chi connectivity index (χ0n) is 8.65. The van der Waals surface area contributed by atoms with Crippen LogP contribution in [0.25, 0.3) is 0 Å². The van der Waals surface area contributed by atoms with Gasteiger partial charge in [0.2, 0.25) is 0 Å². The highest BCUT2D eigenvalue weighted by atomic mass is 16.5. The standard InChI is InChI=1S/C9H17NO4/c1-3-10(4-2)5-6-14-9(13)7-8(11)12/h3-7H2,1-2H3,(H,11,12). The van der Waals surface area contributed by atoms with Crippen molar-refractivity contribution < 1.29 is 19.4 Å². The van der Waals surface area contributed by atoms with E-state index < -0.39 is 18.4 Å². The molecule has 82 valence electrons. The van der Waals surface area contributed by atoms with E-state index in [1.165, 1.54) is 0 Å². The second-order valence-electron chi connectivity index (χ2n) is 2.82. The van der Waals surface area contributed by atoms with Crippen molar-refractivity contribution in [2.45, 2.75) is 20.3 Å². The van der Waals surface area contributed by atoms with E-state index in [2.05, 4.69) is 4.90 Å². The van der Waals surface area contributed by atoms with Gasteiger partial charge in [-0.15, -0.1) is 0 Å². The molecule has 0 radical (unpaired) electrons. The molecule has 5 heteroatoms. The fourth-order valence-electron chi connectivity index (χ4n) is 1.00. The van der Waals surface area contributed by atoms with E-state index in [1.807, 2.05) is 13.8 Å². The van der Waals surface area contributed by atoms with Crippen LogP contribution in [0, 0.1) is 0 Å². The summed E-state index contributed by atoms with van der Waals surface area (Å²) < 4.78 is 4.73. The molecular weight excluding hydrogens is 186 g/mol. The third kappa shape index (κ3) is 6.42. The second kappa shape index (κ2) is 7.32. The Morgan fingerprint density at radius 3 is 2.29 bits per heavy atom. The number of esters is 1. The molecule has 0 fully saturated rings. The Morgan fingerprint density at radius 1 is 1.29 bits per heavy atom. The first kappa shape index (κ1) is 12.9. The molecule has 0 aliphatic carbocycles. The molecule has 0 rings (SSSR count). The highest BCUT2D eigenvalue weighted by Gasteiger charge is 2.08. The number of hydrogen-bond donors (Lipinski definition) is 1. The van der Waals surface area contributed by atoms with Gasteiger partial charge in [-0.1, -0.05) is 13.8 Å². The number of carboxylic acid groups (broad SMARTS) is 1. The lowest BCUT2D eigenvalue weighted by atomic mass is 10.4.